The third-order valence-electron chi connectivity index (χ3n) is 3.86. The summed E-state index contributed by atoms with van der Waals surface area (Å²) in [5.41, 5.74) is 9.31. The Balaban J connectivity index is 1.86. The summed E-state index contributed by atoms with van der Waals surface area (Å²) in [4.78, 5) is 1.28. The van der Waals surface area contributed by atoms with Crippen LogP contribution in [-0.4, -0.2) is 5.25 Å². The SMILES string of the molecule is NC1c2ccccc2CCCC1Sc1ccccc1Br. The first-order chi connectivity index (χ1) is 9.75. The zero-order chi connectivity index (χ0) is 13.9. The van der Waals surface area contributed by atoms with Gasteiger partial charge in [-0.05, 0) is 58.5 Å². The Hall–Kier alpha value is -0.770. The number of rotatable bonds is 2. The second-order valence-electron chi connectivity index (χ2n) is 5.20. The number of thioether (sulfide) groups is 1. The van der Waals surface area contributed by atoms with Gasteiger partial charge in [-0.1, -0.05) is 36.4 Å². The highest BCUT2D eigenvalue weighted by Gasteiger charge is 2.25. The molecule has 0 saturated heterocycles. The van der Waals surface area contributed by atoms with Crippen molar-refractivity contribution < 1.29 is 0 Å². The number of fused-ring (bicyclic) bond motifs is 1. The Kier molecular flexibility index (Phi) is 4.49. The van der Waals surface area contributed by atoms with Crippen molar-refractivity contribution in [1.29, 1.82) is 0 Å². The minimum Gasteiger partial charge on any atom is -0.323 e. The molecule has 0 bridgehead atoms. The summed E-state index contributed by atoms with van der Waals surface area (Å²) in [5.74, 6) is 0. The van der Waals surface area contributed by atoms with Gasteiger partial charge in [0.1, 0.15) is 0 Å². The molecule has 3 rings (SSSR count). The fourth-order valence-electron chi connectivity index (χ4n) is 2.80. The van der Waals surface area contributed by atoms with E-state index in [9.17, 15) is 0 Å². The monoisotopic (exact) mass is 347 g/mol. The summed E-state index contributed by atoms with van der Waals surface area (Å²) in [7, 11) is 0. The van der Waals surface area contributed by atoms with Crippen LogP contribution in [0.3, 0.4) is 0 Å². The van der Waals surface area contributed by atoms with E-state index in [0.29, 0.717) is 5.25 Å². The predicted molar refractivity (Wildman–Crippen MR) is 90.1 cm³/mol. The van der Waals surface area contributed by atoms with Crippen molar-refractivity contribution in [1.82, 2.24) is 0 Å². The molecule has 2 atom stereocenters. The lowest BCUT2D eigenvalue weighted by Gasteiger charge is -2.23. The van der Waals surface area contributed by atoms with Crippen molar-refractivity contribution in [2.75, 3.05) is 0 Å². The smallest absolute Gasteiger partial charge is 0.0421 e. The summed E-state index contributed by atoms with van der Waals surface area (Å²) >= 11 is 5.54. The van der Waals surface area contributed by atoms with E-state index in [2.05, 4.69) is 64.5 Å². The van der Waals surface area contributed by atoms with Crippen molar-refractivity contribution in [2.24, 2.45) is 5.73 Å². The largest absolute Gasteiger partial charge is 0.323 e. The molecular weight excluding hydrogens is 330 g/mol. The highest BCUT2D eigenvalue weighted by molar-refractivity contribution is 9.10. The average Bonchev–Trinajstić information content (AvgIpc) is 2.62. The molecule has 2 aromatic rings. The third kappa shape index (κ3) is 2.95. The van der Waals surface area contributed by atoms with E-state index in [1.807, 2.05) is 11.8 Å². The van der Waals surface area contributed by atoms with Crippen molar-refractivity contribution in [2.45, 2.75) is 35.4 Å². The average molecular weight is 348 g/mol. The molecule has 1 nitrogen and oxygen atoms in total. The standard InChI is InChI=1S/C17H18BrNS/c18-14-9-3-4-10-15(14)20-16-11-5-7-12-6-1-2-8-13(12)17(16)19/h1-4,6,8-10,16-17H,5,7,11,19H2. The third-order valence-corrected chi connectivity index (χ3v) is 6.26. The molecule has 2 aromatic carbocycles. The van der Waals surface area contributed by atoms with E-state index in [1.165, 1.54) is 28.9 Å². The Morgan fingerprint density at radius 3 is 2.65 bits per heavy atom. The highest BCUT2D eigenvalue weighted by Crippen LogP contribution is 2.40. The van der Waals surface area contributed by atoms with Crippen molar-refractivity contribution in [3.05, 3.63) is 64.1 Å². The number of benzene rings is 2. The van der Waals surface area contributed by atoms with Crippen LogP contribution in [-0.2, 0) is 6.42 Å². The lowest BCUT2D eigenvalue weighted by molar-refractivity contribution is 0.632. The van der Waals surface area contributed by atoms with Gasteiger partial charge in [0, 0.05) is 20.7 Å². The second kappa shape index (κ2) is 6.33. The lowest BCUT2D eigenvalue weighted by Crippen LogP contribution is -2.23. The Bertz CT molecular complexity index is 599. The van der Waals surface area contributed by atoms with E-state index < -0.39 is 0 Å². The van der Waals surface area contributed by atoms with Crippen LogP contribution in [0.4, 0.5) is 0 Å². The highest BCUT2D eigenvalue weighted by atomic mass is 79.9. The van der Waals surface area contributed by atoms with Crippen LogP contribution < -0.4 is 5.73 Å². The zero-order valence-corrected chi connectivity index (χ0v) is 13.7. The molecule has 20 heavy (non-hydrogen) atoms. The predicted octanol–water partition coefficient (Wildman–Crippen LogP) is 4.95. The van der Waals surface area contributed by atoms with Crippen LogP contribution in [0.25, 0.3) is 0 Å². The first kappa shape index (κ1) is 14.2. The van der Waals surface area contributed by atoms with Crippen molar-refractivity contribution in [3.63, 3.8) is 0 Å². The minimum atomic E-state index is 0.116. The summed E-state index contributed by atoms with van der Waals surface area (Å²) < 4.78 is 1.16. The van der Waals surface area contributed by atoms with E-state index in [1.54, 1.807) is 0 Å². The van der Waals surface area contributed by atoms with Crippen LogP contribution in [0.1, 0.15) is 30.0 Å². The van der Waals surface area contributed by atoms with Gasteiger partial charge in [0.2, 0.25) is 0 Å². The molecule has 0 fully saturated rings. The Morgan fingerprint density at radius 1 is 1.05 bits per heavy atom. The van der Waals surface area contributed by atoms with Gasteiger partial charge in [-0.3, -0.25) is 0 Å². The zero-order valence-electron chi connectivity index (χ0n) is 11.3. The normalized spacial score (nSPS) is 22.1. The van der Waals surface area contributed by atoms with E-state index >= 15 is 0 Å². The summed E-state index contributed by atoms with van der Waals surface area (Å²) in [5, 5.41) is 0.442. The van der Waals surface area contributed by atoms with Crippen LogP contribution in [0.2, 0.25) is 0 Å². The maximum atomic E-state index is 6.55. The molecule has 1 aliphatic carbocycles. The number of aryl methyl sites for hydroxylation is 1. The maximum Gasteiger partial charge on any atom is 0.0421 e. The van der Waals surface area contributed by atoms with Crippen LogP contribution in [0.5, 0.6) is 0 Å². The molecule has 2 unspecified atom stereocenters. The summed E-state index contributed by atoms with van der Waals surface area (Å²) in [6.45, 7) is 0. The lowest BCUT2D eigenvalue weighted by atomic mass is 10.00. The summed E-state index contributed by atoms with van der Waals surface area (Å²) in [6, 6.07) is 17.2. The quantitative estimate of drug-likeness (QED) is 0.778. The van der Waals surface area contributed by atoms with Gasteiger partial charge in [-0.2, -0.15) is 0 Å². The van der Waals surface area contributed by atoms with Gasteiger partial charge in [0.15, 0.2) is 0 Å². The molecule has 0 aromatic heterocycles. The maximum absolute atomic E-state index is 6.55. The Labute approximate surface area is 133 Å². The van der Waals surface area contributed by atoms with Crippen LogP contribution in [0, 0.1) is 0 Å². The van der Waals surface area contributed by atoms with Gasteiger partial charge >= 0.3 is 0 Å². The van der Waals surface area contributed by atoms with Gasteiger partial charge in [-0.15, -0.1) is 11.8 Å². The molecule has 0 aliphatic heterocycles. The second-order valence-corrected chi connectivity index (χ2v) is 7.34. The van der Waals surface area contributed by atoms with E-state index in [-0.39, 0.29) is 6.04 Å². The first-order valence-electron chi connectivity index (χ1n) is 7.00. The molecule has 0 saturated carbocycles. The molecule has 0 amide bonds. The molecule has 0 spiro atoms. The van der Waals surface area contributed by atoms with Gasteiger partial charge < -0.3 is 5.73 Å². The Morgan fingerprint density at radius 2 is 1.80 bits per heavy atom. The van der Waals surface area contributed by atoms with Crippen LogP contribution >= 0.6 is 27.7 Å². The number of nitrogens with two attached hydrogens (primary N) is 1. The molecule has 1 aliphatic rings. The minimum absolute atomic E-state index is 0.116. The van der Waals surface area contributed by atoms with Gasteiger partial charge in [-0.25, -0.2) is 0 Å². The molecule has 0 radical (unpaired) electrons. The molecule has 3 heteroatoms. The fraction of sp³-hybridized carbons (Fsp3) is 0.294. The van der Waals surface area contributed by atoms with E-state index in [4.69, 9.17) is 5.73 Å². The van der Waals surface area contributed by atoms with Crippen LogP contribution in [0.15, 0.2) is 57.9 Å². The van der Waals surface area contributed by atoms with Gasteiger partial charge in [0.05, 0.1) is 0 Å². The van der Waals surface area contributed by atoms with Crippen molar-refractivity contribution >= 4 is 27.7 Å². The first-order valence-corrected chi connectivity index (χ1v) is 8.67. The molecule has 2 N–H and O–H groups in total. The van der Waals surface area contributed by atoms with Crippen molar-refractivity contribution in [3.8, 4) is 0 Å². The number of halogens is 1. The topological polar surface area (TPSA) is 26.0 Å². The fourth-order valence-corrected chi connectivity index (χ4v) is 4.60. The molecule has 0 heterocycles. The number of hydrogen-bond acceptors (Lipinski definition) is 2. The van der Waals surface area contributed by atoms with E-state index in [0.717, 1.165) is 10.9 Å². The molecule has 104 valence electrons. The van der Waals surface area contributed by atoms with Gasteiger partial charge in [0.25, 0.3) is 0 Å². The number of hydrogen-bond donors (Lipinski definition) is 1. The molecular formula is C17H18BrNS. The summed E-state index contributed by atoms with van der Waals surface area (Å²) in [6.07, 6.45) is 3.53.